The molecule has 2 atom stereocenters. The summed E-state index contributed by atoms with van der Waals surface area (Å²) in [5, 5.41) is 2.92. The van der Waals surface area contributed by atoms with Gasteiger partial charge in [0.2, 0.25) is 5.91 Å². The zero-order chi connectivity index (χ0) is 8.43. The predicted molar refractivity (Wildman–Crippen MR) is 44.3 cm³/mol. The minimum Gasteiger partial charge on any atom is -0.352 e. The first-order chi connectivity index (χ1) is 5.09. The Labute approximate surface area is 67.8 Å². The number of likely N-dealkylation sites (tertiary alicyclic amines) is 1. The predicted octanol–water partition coefficient (Wildman–Crippen LogP) is 0.215. The summed E-state index contributed by atoms with van der Waals surface area (Å²) in [5.74, 6) is 0.0810. The molecule has 1 aliphatic heterocycles. The number of amides is 1. The third kappa shape index (κ3) is 2.19. The van der Waals surface area contributed by atoms with Crippen molar-refractivity contribution in [2.45, 2.75) is 32.4 Å². The highest BCUT2D eigenvalue weighted by molar-refractivity contribution is 5.73. The lowest BCUT2D eigenvalue weighted by Crippen LogP contribution is -2.34. The lowest BCUT2D eigenvalue weighted by Gasteiger charge is -2.12. The third-order valence-electron chi connectivity index (χ3n) is 2.29. The second kappa shape index (κ2) is 3.22. The van der Waals surface area contributed by atoms with Crippen molar-refractivity contribution in [1.29, 1.82) is 0 Å². The van der Waals surface area contributed by atoms with Gasteiger partial charge in [0.05, 0.1) is 0 Å². The van der Waals surface area contributed by atoms with Gasteiger partial charge in [-0.2, -0.15) is 0 Å². The highest BCUT2D eigenvalue weighted by atomic mass is 16.1. The number of rotatable bonds is 1. The van der Waals surface area contributed by atoms with Crippen LogP contribution >= 0.6 is 0 Å². The third-order valence-corrected chi connectivity index (χ3v) is 2.29. The molecule has 0 bridgehead atoms. The summed E-state index contributed by atoms with van der Waals surface area (Å²) in [6.07, 6.45) is 1.08. The van der Waals surface area contributed by atoms with E-state index in [2.05, 4.69) is 24.2 Å². The van der Waals surface area contributed by atoms with E-state index in [1.165, 1.54) is 0 Å². The van der Waals surface area contributed by atoms with E-state index < -0.39 is 0 Å². The first-order valence-electron chi connectivity index (χ1n) is 4.07. The van der Waals surface area contributed by atoms with Crippen molar-refractivity contribution in [2.75, 3.05) is 13.6 Å². The van der Waals surface area contributed by atoms with Crippen molar-refractivity contribution in [3.05, 3.63) is 0 Å². The fourth-order valence-electron chi connectivity index (χ4n) is 1.59. The zero-order valence-corrected chi connectivity index (χ0v) is 7.42. The van der Waals surface area contributed by atoms with Gasteiger partial charge < -0.3 is 10.2 Å². The van der Waals surface area contributed by atoms with Crippen LogP contribution in [0.25, 0.3) is 0 Å². The van der Waals surface area contributed by atoms with E-state index in [4.69, 9.17) is 0 Å². The Hall–Kier alpha value is -0.570. The van der Waals surface area contributed by atoms with Gasteiger partial charge >= 0.3 is 0 Å². The van der Waals surface area contributed by atoms with Crippen LogP contribution in [0.4, 0.5) is 0 Å². The molecule has 1 heterocycles. The van der Waals surface area contributed by atoms with E-state index in [0.717, 1.165) is 13.0 Å². The minimum absolute atomic E-state index is 0.0810. The molecule has 1 amide bonds. The van der Waals surface area contributed by atoms with E-state index in [1.54, 1.807) is 6.92 Å². The number of carbonyl (C=O) groups is 1. The van der Waals surface area contributed by atoms with Crippen molar-refractivity contribution in [1.82, 2.24) is 10.2 Å². The van der Waals surface area contributed by atoms with E-state index in [0.29, 0.717) is 12.1 Å². The number of hydrogen-bond donors (Lipinski definition) is 1. The first-order valence-corrected chi connectivity index (χ1v) is 4.07. The second-order valence-corrected chi connectivity index (χ2v) is 3.42. The Morgan fingerprint density at radius 1 is 1.64 bits per heavy atom. The van der Waals surface area contributed by atoms with Crippen LogP contribution in [0.15, 0.2) is 0 Å². The molecule has 0 aromatic rings. The normalized spacial score (nSPS) is 32.3. The fourth-order valence-corrected chi connectivity index (χ4v) is 1.59. The van der Waals surface area contributed by atoms with Gasteiger partial charge in [-0.3, -0.25) is 4.79 Å². The Morgan fingerprint density at radius 2 is 2.27 bits per heavy atom. The molecule has 1 fully saturated rings. The van der Waals surface area contributed by atoms with Crippen LogP contribution in [0, 0.1) is 0 Å². The van der Waals surface area contributed by atoms with Crippen molar-refractivity contribution < 1.29 is 4.79 Å². The molecule has 1 saturated heterocycles. The van der Waals surface area contributed by atoms with E-state index in [9.17, 15) is 4.79 Å². The van der Waals surface area contributed by atoms with Crippen molar-refractivity contribution in [3.63, 3.8) is 0 Å². The maximum Gasteiger partial charge on any atom is 0.217 e. The Bertz CT molecular complexity index is 148. The Kier molecular flexibility index (Phi) is 2.49. The molecule has 64 valence electrons. The van der Waals surface area contributed by atoms with Crippen LogP contribution in [-0.4, -0.2) is 36.5 Å². The van der Waals surface area contributed by atoms with Crippen LogP contribution in [0.2, 0.25) is 0 Å². The van der Waals surface area contributed by atoms with Gasteiger partial charge in [0.1, 0.15) is 0 Å². The van der Waals surface area contributed by atoms with Gasteiger partial charge in [-0.15, -0.1) is 0 Å². The standard InChI is InChI=1S/C8H16N2O/c1-6-4-8(5-10(6)3)9-7(2)11/h6,8H,4-5H2,1-3H3,(H,9,11)/t6-,8+/m1/s1. The molecule has 1 rings (SSSR count). The topological polar surface area (TPSA) is 32.3 Å². The molecule has 1 N–H and O–H groups in total. The average molecular weight is 156 g/mol. The highest BCUT2D eigenvalue weighted by Gasteiger charge is 2.25. The minimum atomic E-state index is 0.0810. The number of nitrogens with one attached hydrogen (secondary N) is 1. The van der Waals surface area contributed by atoms with Gasteiger partial charge in [0.15, 0.2) is 0 Å². The Morgan fingerprint density at radius 3 is 2.64 bits per heavy atom. The van der Waals surface area contributed by atoms with Crippen molar-refractivity contribution in [3.8, 4) is 0 Å². The largest absolute Gasteiger partial charge is 0.352 e. The first kappa shape index (κ1) is 8.53. The van der Waals surface area contributed by atoms with Crippen LogP contribution in [-0.2, 0) is 4.79 Å². The smallest absolute Gasteiger partial charge is 0.217 e. The van der Waals surface area contributed by atoms with Crippen molar-refractivity contribution in [2.24, 2.45) is 0 Å². The molecular weight excluding hydrogens is 140 g/mol. The number of likely N-dealkylation sites (N-methyl/N-ethyl adjacent to an activating group) is 1. The SMILES string of the molecule is CC(=O)N[C@H]1C[C@@H](C)N(C)C1. The maximum atomic E-state index is 10.7. The summed E-state index contributed by atoms with van der Waals surface area (Å²) in [5.41, 5.74) is 0. The van der Waals surface area contributed by atoms with Gasteiger partial charge in [-0.05, 0) is 20.4 Å². The number of carbonyl (C=O) groups excluding carboxylic acids is 1. The molecule has 1 aliphatic rings. The monoisotopic (exact) mass is 156 g/mol. The van der Waals surface area contributed by atoms with Crippen LogP contribution in [0.1, 0.15) is 20.3 Å². The highest BCUT2D eigenvalue weighted by Crippen LogP contribution is 2.14. The molecule has 0 aromatic heterocycles. The molecule has 0 saturated carbocycles. The van der Waals surface area contributed by atoms with E-state index >= 15 is 0 Å². The molecule has 0 radical (unpaired) electrons. The van der Waals surface area contributed by atoms with E-state index in [1.807, 2.05) is 0 Å². The van der Waals surface area contributed by atoms with Crippen LogP contribution in [0.5, 0.6) is 0 Å². The average Bonchev–Trinajstić information content (AvgIpc) is 2.10. The molecule has 0 aliphatic carbocycles. The number of hydrogen-bond acceptors (Lipinski definition) is 2. The van der Waals surface area contributed by atoms with Gasteiger partial charge in [-0.1, -0.05) is 0 Å². The van der Waals surface area contributed by atoms with Crippen molar-refractivity contribution >= 4 is 5.91 Å². The quantitative estimate of drug-likeness (QED) is 0.589. The summed E-state index contributed by atoms with van der Waals surface area (Å²) in [4.78, 5) is 12.9. The maximum absolute atomic E-state index is 10.7. The molecular formula is C8H16N2O. The van der Waals surface area contributed by atoms with Crippen LogP contribution < -0.4 is 5.32 Å². The Balaban J connectivity index is 2.35. The summed E-state index contributed by atoms with van der Waals surface area (Å²) in [7, 11) is 2.09. The second-order valence-electron chi connectivity index (χ2n) is 3.42. The fraction of sp³-hybridized carbons (Fsp3) is 0.875. The summed E-state index contributed by atoms with van der Waals surface area (Å²) in [6, 6.07) is 0.972. The molecule has 11 heavy (non-hydrogen) atoms. The molecule has 3 nitrogen and oxygen atoms in total. The number of nitrogens with zero attached hydrogens (tertiary/aromatic N) is 1. The van der Waals surface area contributed by atoms with Gasteiger partial charge in [0, 0.05) is 25.6 Å². The zero-order valence-electron chi connectivity index (χ0n) is 7.42. The molecule has 0 spiro atoms. The van der Waals surface area contributed by atoms with Crippen LogP contribution in [0.3, 0.4) is 0 Å². The molecule has 3 heteroatoms. The van der Waals surface area contributed by atoms with Gasteiger partial charge in [0.25, 0.3) is 0 Å². The summed E-state index contributed by atoms with van der Waals surface area (Å²) >= 11 is 0. The molecule has 0 aromatic carbocycles. The lowest BCUT2D eigenvalue weighted by atomic mass is 10.2. The lowest BCUT2D eigenvalue weighted by molar-refractivity contribution is -0.119. The van der Waals surface area contributed by atoms with E-state index in [-0.39, 0.29) is 5.91 Å². The summed E-state index contributed by atoms with van der Waals surface area (Å²) in [6.45, 7) is 4.74. The van der Waals surface area contributed by atoms with Gasteiger partial charge in [-0.25, -0.2) is 0 Å². The molecule has 0 unspecified atom stereocenters. The summed E-state index contributed by atoms with van der Waals surface area (Å²) < 4.78 is 0.